The van der Waals surface area contributed by atoms with Gasteiger partial charge in [-0.2, -0.15) is 0 Å². The number of benzene rings is 2. The Balaban J connectivity index is 1.83. The highest BCUT2D eigenvalue weighted by Crippen LogP contribution is 2.29. The highest BCUT2D eigenvalue weighted by Gasteiger charge is 2.11. The summed E-state index contributed by atoms with van der Waals surface area (Å²) in [5.41, 5.74) is 9.81. The van der Waals surface area contributed by atoms with E-state index < -0.39 is 0 Å². The number of halogens is 1. The zero-order valence-corrected chi connectivity index (χ0v) is 13.0. The van der Waals surface area contributed by atoms with Crippen molar-refractivity contribution in [2.75, 3.05) is 5.73 Å². The lowest BCUT2D eigenvalue weighted by Gasteiger charge is -2.11. The second-order valence-electron chi connectivity index (χ2n) is 5.84. The van der Waals surface area contributed by atoms with Crippen LogP contribution in [-0.2, 0) is 12.8 Å². The summed E-state index contributed by atoms with van der Waals surface area (Å²) in [4.78, 5) is 8.85. The first-order valence-corrected chi connectivity index (χ1v) is 7.88. The number of hydrogen-bond donors (Lipinski definition) is 1. The molecule has 2 N–H and O–H groups in total. The van der Waals surface area contributed by atoms with Crippen molar-refractivity contribution in [3.05, 3.63) is 77.7 Å². The smallest absolute Gasteiger partial charge is 0.150 e. The van der Waals surface area contributed by atoms with Crippen LogP contribution in [0.3, 0.4) is 0 Å². The van der Waals surface area contributed by atoms with Crippen LogP contribution < -0.4 is 5.73 Å². The van der Waals surface area contributed by atoms with Gasteiger partial charge in [-0.3, -0.25) is 4.98 Å². The molecule has 0 atom stereocenters. The molecule has 0 radical (unpaired) electrons. The third-order valence-corrected chi connectivity index (χ3v) is 4.27. The molecule has 0 fully saturated rings. The molecule has 3 nitrogen and oxygen atoms in total. The molecule has 0 unspecified atom stereocenters. The fraction of sp³-hybridized carbons (Fsp3) is 0.100. The SMILES string of the molecule is Nc1nc2ccccc2c2c(CCc3cccc(F)c3)ccnc12. The van der Waals surface area contributed by atoms with Gasteiger partial charge in [-0.1, -0.05) is 30.3 Å². The van der Waals surface area contributed by atoms with E-state index in [-0.39, 0.29) is 5.82 Å². The van der Waals surface area contributed by atoms with Crippen LogP contribution in [0.5, 0.6) is 0 Å². The first kappa shape index (κ1) is 14.6. The molecule has 4 rings (SSSR count). The van der Waals surface area contributed by atoms with Crippen LogP contribution in [0.2, 0.25) is 0 Å². The number of nitrogens with zero attached hydrogens (tertiary/aromatic N) is 2. The van der Waals surface area contributed by atoms with Crippen molar-refractivity contribution < 1.29 is 4.39 Å². The summed E-state index contributed by atoms with van der Waals surface area (Å²) in [6, 6.07) is 16.7. The van der Waals surface area contributed by atoms with Crippen molar-refractivity contribution >= 4 is 27.6 Å². The monoisotopic (exact) mass is 317 g/mol. The van der Waals surface area contributed by atoms with Gasteiger partial charge in [0.25, 0.3) is 0 Å². The predicted octanol–water partition coefficient (Wildman–Crippen LogP) is 4.29. The maximum atomic E-state index is 13.4. The lowest BCUT2D eigenvalue weighted by Crippen LogP contribution is -1.99. The second kappa shape index (κ2) is 5.89. The van der Waals surface area contributed by atoms with E-state index in [2.05, 4.69) is 9.97 Å². The van der Waals surface area contributed by atoms with Gasteiger partial charge < -0.3 is 5.73 Å². The summed E-state index contributed by atoms with van der Waals surface area (Å²) < 4.78 is 13.4. The molecule has 0 saturated carbocycles. The van der Waals surface area contributed by atoms with E-state index >= 15 is 0 Å². The van der Waals surface area contributed by atoms with Gasteiger partial charge in [0, 0.05) is 17.0 Å². The van der Waals surface area contributed by atoms with Crippen molar-refractivity contribution in [3.63, 3.8) is 0 Å². The summed E-state index contributed by atoms with van der Waals surface area (Å²) in [6.45, 7) is 0. The molecule has 2 aromatic carbocycles. The number of aryl methyl sites for hydroxylation is 2. The second-order valence-corrected chi connectivity index (χ2v) is 5.84. The van der Waals surface area contributed by atoms with E-state index in [0.29, 0.717) is 5.82 Å². The molecule has 0 spiro atoms. The topological polar surface area (TPSA) is 51.8 Å². The van der Waals surface area contributed by atoms with E-state index in [1.165, 1.54) is 6.07 Å². The standard InChI is InChI=1S/C20H16FN3/c21-15-5-3-4-13(12-15)8-9-14-10-11-23-19-18(14)16-6-1-2-7-17(16)24-20(19)22/h1-7,10-12H,8-9H2,(H2,22,24). The molecule has 4 aromatic rings. The van der Waals surface area contributed by atoms with Gasteiger partial charge in [0.2, 0.25) is 0 Å². The number of pyridine rings is 2. The van der Waals surface area contributed by atoms with E-state index in [4.69, 9.17) is 5.73 Å². The molecule has 24 heavy (non-hydrogen) atoms. The number of nitrogen functional groups attached to an aromatic ring is 1. The van der Waals surface area contributed by atoms with Gasteiger partial charge in [-0.15, -0.1) is 0 Å². The summed E-state index contributed by atoms with van der Waals surface area (Å²) >= 11 is 0. The van der Waals surface area contributed by atoms with Crippen LogP contribution in [0.1, 0.15) is 11.1 Å². The number of hydrogen-bond acceptors (Lipinski definition) is 3. The quantitative estimate of drug-likeness (QED) is 0.573. The minimum absolute atomic E-state index is 0.203. The summed E-state index contributed by atoms with van der Waals surface area (Å²) in [7, 11) is 0. The zero-order chi connectivity index (χ0) is 16.5. The van der Waals surface area contributed by atoms with Crippen molar-refractivity contribution in [3.8, 4) is 0 Å². The maximum absolute atomic E-state index is 13.4. The molecular formula is C20H16FN3. The summed E-state index contributed by atoms with van der Waals surface area (Å²) in [5.74, 6) is 0.238. The van der Waals surface area contributed by atoms with Gasteiger partial charge in [-0.05, 0) is 48.2 Å². The van der Waals surface area contributed by atoms with Crippen LogP contribution in [0.4, 0.5) is 10.2 Å². The van der Waals surface area contributed by atoms with E-state index in [1.54, 1.807) is 18.3 Å². The number of rotatable bonds is 3. The molecule has 0 aliphatic heterocycles. The van der Waals surface area contributed by atoms with Gasteiger partial charge in [-0.25, -0.2) is 9.37 Å². The average Bonchev–Trinajstić information content (AvgIpc) is 2.60. The Kier molecular flexibility index (Phi) is 3.58. The summed E-state index contributed by atoms with van der Waals surface area (Å²) in [5, 5.41) is 2.08. The first-order chi connectivity index (χ1) is 11.7. The Bertz CT molecular complexity index is 1040. The third kappa shape index (κ3) is 2.56. The molecule has 0 aliphatic carbocycles. The Morgan fingerprint density at radius 2 is 1.83 bits per heavy atom. The molecule has 0 amide bonds. The third-order valence-electron chi connectivity index (χ3n) is 4.27. The van der Waals surface area contributed by atoms with E-state index in [0.717, 1.165) is 45.8 Å². The molecule has 2 heterocycles. The van der Waals surface area contributed by atoms with Crippen LogP contribution >= 0.6 is 0 Å². The van der Waals surface area contributed by atoms with Crippen LogP contribution in [0.25, 0.3) is 21.8 Å². The molecule has 2 aromatic heterocycles. The molecular weight excluding hydrogens is 301 g/mol. The number of aromatic nitrogens is 2. The van der Waals surface area contributed by atoms with Crippen molar-refractivity contribution in [1.29, 1.82) is 0 Å². The molecule has 118 valence electrons. The Morgan fingerprint density at radius 3 is 2.71 bits per heavy atom. The van der Waals surface area contributed by atoms with Gasteiger partial charge in [0.05, 0.1) is 5.52 Å². The lowest BCUT2D eigenvalue weighted by atomic mass is 9.98. The summed E-state index contributed by atoms with van der Waals surface area (Å²) in [6.07, 6.45) is 3.30. The van der Waals surface area contributed by atoms with Crippen molar-refractivity contribution in [2.45, 2.75) is 12.8 Å². The van der Waals surface area contributed by atoms with E-state index in [9.17, 15) is 4.39 Å². The van der Waals surface area contributed by atoms with Gasteiger partial charge in [0.15, 0.2) is 5.82 Å². The van der Waals surface area contributed by atoms with Crippen LogP contribution in [0.15, 0.2) is 60.8 Å². The number of anilines is 1. The predicted molar refractivity (Wildman–Crippen MR) is 95.3 cm³/mol. The number of nitrogens with two attached hydrogens (primary N) is 1. The molecule has 4 heteroatoms. The normalized spacial score (nSPS) is 11.2. The fourth-order valence-corrected chi connectivity index (χ4v) is 3.14. The zero-order valence-electron chi connectivity index (χ0n) is 13.0. The minimum Gasteiger partial charge on any atom is -0.382 e. The Labute approximate surface area is 139 Å². The highest BCUT2D eigenvalue weighted by molar-refractivity contribution is 6.09. The molecule has 0 aliphatic rings. The lowest BCUT2D eigenvalue weighted by molar-refractivity contribution is 0.625. The minimum atomic E-state index is -0.203. The first-order valence-electron chi connectivity index (χ1n) is 7.88. The van der Waals surface area contributed by atoms with E-state index in [1.807, 2.05) is 36.4 Å². The van der Waals surface area contributed by atoms with Crippen LogP contribution in [-0.4, -0.2) is 9.97 Å². The number of para-hydroxylation sites is 1. The Hall–Kier alpha value is -3.01. The van der Waals surface area contributed by atoms with Gasteiger partial charge in [0.1, 0.15) is 11.3 Å². The van der Waals surface area contributed by atoms with Gasteiger partial charge >= 0.3 is 0 Å². The Morgan fingerprint density at radius 1 is 0.958 bits per heavy atom. The fourth-order valence-electron chi connectivity index (χ4n) is 3.14. The van der Waals surface area contributed by atoms with Crippen molar-refractivity contribution in [2.24, 2.45) is 0 Å². The highest BCUT2D eigenvalue weighted by atomic mass is 19.1. The number of fused-ring (bicyclic) bond motifs is 3. The van der Waals surface area contributed by atoms with Crippen molar-refractivity contribution in [1.82, 2.24) is 9.97 Å². The largest absolute Gasteiger partial charge is 0.382 e. The maximum Gasteiger partial charge on any atom is 0.150 e. The molecule has 0 bridgehead atoms. The molecule has 0 saturated heterocycles. The van der Waals surface area contributed by atoms with Crippen LogP contribution in [0, 0.1) is 5.82 Å². The average molecular weight is 317 g/mol.